The van der Waals surface area contributed by atoms with Gasteiger partial charge in [-0.15, -0.1) is 0 Å². The minimum Gasteiger partial charge on any atom is -0.354 e. The van der Waals surface area contributed by atoms with Crippen molar-refractivity contribution in [3.05, 3.63) is 62.8 Å². The molecule has 0 unspecified atom stereocenters. The number of benzene rings is 1. The van der Waals surface area contributed by atoms with Crippen molar-refractivity contribution in [2.45, 2.75) is 71.9 Å². The molecule has 2 aromatic rings. The van der Waals surface area contributed by atoms with E-state index in [9.17, 15) is 14.4 Å². The molecule has 1 atom stereocenters. The van der Waals surface area contributed by atoms with Crippen molar-refractivity contribution in [1.82, 2.24) is 19.8 Å². The Morgan fingerprint density at radius 2 is 1.94 bits per heavy atom. The third kappa shape index (κ3) is 5.34. The average molecular weight is 451 g/mol. The summed E-state index contributed by atoms with van der Waals surface area (Å²) >= 11 is 0. The Kier molecular flexibility index (Phi) is 6.96. The maximum Gasteiger partial charge on any atom is 0.259 e. The van der Waals surface area contributed by atoms with Crippen molar-refractivity contribution in [2.75, 3.05) is 13.1 Å². The molecule has 2 aliphatic heterocycles. The van der Waals surface area contributed by atoms with Crippen molar-refractivity contribution in [3.8, 4) is 0 Å². The van der Waals surface area contributed by atoms with Crippen LogP contribution in [0.15, 0.2) is 29.1 Å². The lowest BCUT2D eigenvalue weighted by atomic mass is 10.00. The predicted octanol–water partition coefficient (Wildman–Crippen LogP) is 2.72. The smallest absolute Gasteiger partial charge is 0.259 e. The van der Waals surface area contributed by atoms with Crippen molar-refractivity contribution < 1.29 is 9.59 Å². The van der Waals surface area contributed by atoms with E-state index in [-0.39, 0.29) is 23.4 Å². The number of carbonyl (C=O) groups is 2. The summed E-state index contributed by atoms with van der Waals surface area (Å²) in [6, 6.07) is 7.90. The number of carbonyl (C=O) groups excluding carboxylic acids is 2. The van der Waals surface area contributed by atoms with Gasteiger partial charge in [-0.1, -0.05) is 43.7 Å². The summed E-state index contributed by atoms with van der Waals surface area (Å²) in [7, 11) is 0. The molecule has 1 aromatic carbocycles. The molecule has 0 radical (unpaired) electrons. The number of amides is 2. The number of aromatic nitrogens is 2. The topological polar surface area (TPSA) is 84.3 Å². The lowest BCUT2D eigenvalue weighted by Gasteiger charge is -2.32. The van der Waals surface area contributed by atoms with Crippen LogP contribution in [0.1, 0.15) is 67.4 Å². The first-order chi connectivity index (χ1) is 15.8. The number of rotatable bonds is 6. The molecule has 176 valence electrons. The molecule has 0 saturated heterocycles. The molecular weight excluding hydrogens is 416 g/mol. The van der Waals surface area contributed by atoms with E-state index in [0.29, 0.717) is 50.4 Å². The zero-order chi connectivity index (χ0) is 23.5. The minimum absolute atomic E-state index is 0.0176. The van der Waals surface area contributed by atoms with Gasteiger partial charge in [0.15, 0.2) is 0 Å². The van der Waals surface area contributed by atoms with Crippen molar-refractivity contribution in [2.24, 2.45) is 5.92 Å². The zero-order valence-corrected chi connectivity index (χ0v) is 19.9. The van der Waals surface area contributed by atoms with Crippen LogP contribution in [0.3, 0.4) is 0 Å². The Morgan fingerprint density at radius 1 is 1.18 bits per heavy atom. The summed E-state index contributed by atoms with van der Waals surface area (Å²) in [5, 5.41) is 3.00. The molecule has 3 heterocycles. The van der Waals surface area contributed by atoms with Gasteiger partial charge in [0.05, 0.1) is 30.3 Å². The van der Waals surface area contributed by atoms with Gasteiger partial charge in [-0.05, 0) is 31.2 Å². The molecule has 2 amide bonds. The van der Waals surface area contributed by atoms with Crippen LogP contribution in [0.5, 0.6) is 0 Å². The van der Waals surface area contributed by atoms with Crippen LogP contribution in [0.4, 0.5) is 0 Å². The van der Waals surface area contributed by atoms with Gasteiger partial charge < -0.3 is 10.2 Å². The van der Waals surface area contributed by atoms with E-state index in [4.69, 9.17) is 4.98 Å². The van der Waals surface area contributed by atoms with Crippen LogP contribution in [0.25, 0.3) is 0 Å². The highest BCUT2D eigenvalue weighted by atomic mass is 16.2. The molecule has 0 fully saturated rings. The molecule has 7 heteroatoms. The Balaban J connectivity index is 1.51. The van der Waals surface area contributed by atoms with Gasteiger partial charge in [0.1, 0.15) is 5.82 Å². The van der Waals surface area contributed by atoms with Gasteiger partial charge in [-0.25, -0.2) is 4.98 Å². The van der Waals surface area contributed by atoms with Crippen LogP contribution in [0, 0.1) is 12.8 Å². The Morgan fingerprint density at radius 3 is 2.67 bits per heavy atom. The van der Waals surface area contributed by atoms with Crippen molar-refractivity contribution in [1.29, 1.82) is 0 Å². The van der Waals surface area contributed by atoms with Crippen molar-refractivity contribution in [3.63, 3.8) is 0 Å². The monoisotopic (exact) mass is 450 g/mol. The quantitative estimate of drug-likeness (QED) is 0.733. The van der Waals surface area contributed by atoms with E-state index in [0.717, 1.165) is 41.9 Å². The second kappa shape index (κ2) is 9.89. The Labute approximate surface area is 195 Å². The fraction of sp³-hybridized carbons (Fsp3) is 0.538. The van der Waals surface area contributed by atoms with Gasteiger partial charge in [0, 0.05) is 32.4 Å². The summed E-state index contributed by atoms with van der Waals surface area (Å²) in [4.78, 5) is 45.2. The van der Waals surface area contributed by atoms with Crippen molar-refractivity contribution >= 4 is 11.8 Å². The largest absolute Gasteiger partial charge is 0.354 e. The molecule has 0 aliphatic carbocycles. The third-order valence-corrected chi connectivity index (χ3v) is 6.59. The van der Waals surface area contributed by atoms with E-state index in [1.54, 1.807) is 9.47 Å². The number of hydrogen-bond donors (Lipinski definition) is 1. The van der Waals surface area contributed by atoms with E-state index in [2.05, 4.69) is 5.32 Å². The maximum atomic E-state index is 13.5. The van der Waals surface area contributed by atoms with Crippen LogP contribution in [-0.2, 0) is 35.4 Å². The summed E-state index contributed by atoms with van der Waals surface area (Å²) in [6.07, 6.45) is 3.99. The number of nitrogens with zero attached hydrogens (tertiary/aromatic N) is 3. The van der Waals surface area contributed by atoms with Gasteiger partial charge in [-0.2, -0.15) is 0 Å². The fourth-order valence-corrected chi connectivity index (χ4v) is 4.79. The zero-order valence-electron chi connectivity index (χ0n) is 19.9. The van der Waals surface area contributed by atoms with E-state index in [1.165, 1.54) is 0 Å². The van der Waals surface area contributed by atoms with Crippen LogP contribution >= 0.6 is 0 Å². The Bertz CT molecular complexity index is 1090. The molecule has 33 heavy (non-hydrogen) atoms. The lowest BCUT2D eigenvalue weighted by molar-refractivity contribution is -0.131. The normalized spacial score (nSPS) is 17.5. The first-order valence-corrected chi connectivity index (χ1v) is 12.0. The molecule has 7 nitrogen and oxygen atoms in total. The molecule has 0 spiro atoms. The first-order valence-electron chi connectivity index (χ1n) is 12.0. The maximum absolute atomic E-state index is 13.5. The molecule has 2 aliphatic rings. The molecule has 1 aromatic heterocycles. The molecule has 4 rings (SSSR count). The highest BCUT2D eigenvalue weighted by Crippen LogP contribution is 2.24. The summed E-state index contributed by atoms with van der Waals surface area (Å²) in [5.41, 5.74) is 3.55. The average Bonchev–Trinajstić information content (AvgIpc) is 2.78. The summed E-state index contributed by atoms with van der Waals surface area (Å²) in [6.45, 7) is 7.39. The molecule has 0 bridgehead atoms. The number of fused-ring (bicyclic) bond motifs is 2. The molecule has 1 N–H and O–H groups in total. The fourth-order valence-electron chi connectivity index (χ4n) is 4.79. The number of hydrogen-bond acceptors (Lipinski definition) is 4. The van der Waals surface area contributed by atoms with Crippen LogP contribution in [-0.4, -0.2) is 39.4 Å². The second-order valence-electron chi connectivity index (χ2n) is 9.80. The number of aryl methyl sites for hydroxylation is 2. The molecular formula is C26H34N4O3. The van der Waals surface area contributed by atoms with Gasteiger partial charge >= 0.3 is 0 Å². The van der Waals surface area contributed by atoms with Crippen LogP contribution in [0.2, 0.25) is 0 Å². The van der Waals surface area contributed by atoms with E-state index in [1.807, 2.05) is 45.0 Å². The highest BCUT2D eigenvalue weighted by molar-refractivity contribution is 5.79. The van der Waals surface area contributed by atoms with E-state index < -0.39 is 0 Å². The van der Waals surface area contributed by atoms with E-state index >= 15 is 0 Å². The van der Waals surface area contributed by atoms with Gasteiger partial charge in [0.2, 0.25) is 11.8 Å². The van der Waals surface area contributed by atoms with Gasteiger partial charge in [-0.3, -0.25) is 19.0 Å². The summed E-state index contributed by atoms with van der Waals surface area (Å²) in [5.74, 6) is 1.16. The second-order valence-corrected chi connectivity index (χ2v) is 9.80. The van der Waals surface area contributed by atoms with Gasteiger partial charge in [0.25, 0.3) is 5.56 Å². The standard InChI is InChI=1S/C26H34N4O3/c1-17(2)13-24(31)27-15-20-5-4-6-23-28-22-11-12-29(16-21(22)26(33)30(20)23)25(32)14-19-9-7-18(3)8-10-19/h7-10,17,20H,4-6,11-16H2,1-3H3,(H,27,31)/t20-/m0/s1. The first kappa shape index (κ1) is 23.2. The third-order valence-electron chi connectivity index (χ3n) is 6.59. The highest BCUT2D eigenvalue weighted by Gasteiger charge is 2.30. The lowest BCUT2D eigenvalue weighted by Crippen LogP contribution is -2.45. The summed E-state index contributed by atoms with van der Waals surface area (Å²) < 4.78 is 1.78. The van der Waals surface area contributed by atoms with Crippen LogP contribution < -0.4 is 10.9 Å². The predicted molar refractivity (Wildman–Crippen MR) is 127 cm³/mol. The Hall–Kier alpha value is -2.96. The number of nitrogens with one attached hydrogen (secondary N) is 1. The SMILES string of the molecule is Cc1ccc(CC(=O)N2CCc3nc4n(c(=O)c3C2)[C@H](CNC(=O)CC(C)C)CCC4)cc1. The molecule has 0 saturated carbocycles. The minimum atomic E-state index is -0.0891.